The fraction of sp³-hybridized carbons (Fsp3) is 0.0833. The Morgan fingerprint density at radius 2 is 1.82 bits per heavy atom. The van der Waals surface area contributed by atoms with Crippen LogP contribution in [0.4, 0.5) is 8.78 Å². The summed E-state index contributed by atoms with van der Waals surface area (Å²) in [6.07, 6.45) is 1.41. The number of nitrogens with one attached hydrogen (secondary N) is 1. The molecule has 0 amide bonds. The molecule has 0 fully saturated rings. The van der Waals surface area contributed by atoms with Gasteiger partial charge < -0.3 is 10.1 Å². The van der Waals surface area contributed by atoms with Crippen LogP contribution in [0.5, 0.6) is 0 Å². The van der Waals surface area contributed by atoms with Crippen LogP contribution in [-0.4, -0.2) is 16.1 Å². The summed E-state index contributed by atoms with van der Waals surface area (Å²) >= 11 is 0. The van der Waals surface area contributed by atoms with E-state index in [1.165, 1.54) is 18.3 Å². The van der Waals surface area contributed by atoms with Crippen molar-refractivity contribution < 1.29 is 18.7 Å². The number of aromatic amines is 1. The minimum absolute atomic E-state index is 0.0176. The Balaban J connectivity index is 2.37. The summed E-state index contributed by atoms with van der Waals surface area (Å²) in [6, 6.07) is 7.32. The molecule has 0 aliphatic heterocycles. The molecule has 88 valence electrons. The molecule has 0 aliphatic carbocycles. The Morgan fingerprint density at radius 1 is 1.18 bits per heavy atom. The number of hydrogen-bond donors (Lipinski definition) is 2. The monoisotopic (exact) mass is 237 g/mol. The van der Waals surface area contributed by atoms with Crippen molar-refractivity contribution in [1.29, 1.82) is 0 Å². The largest absolute Gasteiger partial charge is 0.478 e. The van der Waals surface area contributed by atoms with Crippen LogP contribution in [0.2, 0.25) is 0 Å². The summed E-state index contributed by atoms with van der Waals surface area (Å²) in [5, 5.41) is 8.67. The number of rotatable bonds is 3. The van der Waals surface area contributed by atoms with Crippen LogP contribution in [0.3, 0.4) is 0 Å². The van der Waals surface area contributed by atoms with Crippen molar-refractivity contribution in [2.75, 3.05) is 0 Å². The van der Waals surface area contributed by atoms with E-state index in [1.54, 1.807) is 0 Å². The number of benzene rings is 1. The summed E-state index contributed by atoms with van der Waals surface area (Å²) in [4.78, 5) is 13.0. The van der Waals surface area contributed by atoms with Crippen LogP contribution in [0, 0.1) is 0 Å². The third-order valence-corrected chi connectivity index (χ3v) is 2.43. The molecule has 2 rings (SSSR count). The van der Waals surface area contributed by atoms with Gasteiger partial charge in [-0.1, -0.05) is 12.1 Å². The molecule has 1 aromatic heterocycles. The van der Waals surface area contributed by atoms with E-state index < -0.39 is 11.9 Å². The molecule has 0 unspecified atom stereocenters. The summed E-state index contributed by atoms with van der Waals surface area (Å²) in [7, 11) is 0. The average molecular weight is 237 g/mol. The van der Waals surface area contributed by atoms with Gasteiger partial charge in [0.1, 0.15) is 0 Å². The number of halogens is 2. The highest BCUT2D eigenvalue weighted by Gasteiger charge is 2.34. The molecule has 0 aliphatic rings. The zero-order chi connectivity index (χ0) is 12.5. The van der Waals surface area contributed by atoms with Crippen LogP contribution in [0.25, 0.3) is 0 Å². The van der Waals surface area contributed by atoms with Gasteiger partial charge in [-0.2, -0.15) is 8.78 Å². The van der Waals surface area contributed by atoms with Crippen molar-refractivity contribution in [3.63, 3.8) is 0 Å². The summed E-state index contributed by atoms with van der Waals surface area (Å²) < 4.78 is 27.8. The van der Waals surface area contributed by atoms with Gasteiger partial charge in [-0.25, -0.2) is 4.79 Å². The van der Waals surface area contributed by atoms with E-state index >= 15 is 0 Å². The third kappa shape index (κ3) is 2.04. The van der Waals surface area contributed by atoms with Gasteiger partial charge >= 0.3 is 11.9 Å². The Morgan fingerprint density at radius 3 is 2.29 bits per heavy atom. The average Bonchev–Trinajstić information content (AvgIpc) is 2.83. The maximum Gasteiger partial charge on any atom is 0.335 e. The van der Waals surface area contributed by atoms with E-state index in [9.17, 15) is 13.6 Å². The number of carboxylic acids is 1. The molecular weight excluding hydrogens is 228 g/mol. The first-order valence-corrected chi connectivity index (χ1v) is 4.87. The predicted molar refractivity (Wildman–Crippen MR) is 57.2 cm³/mol. The lowest BCUT2D eigenvalue weighted by Gasteiger charge is -2.15. The number of alkyl halides is 2. The van der Waals surface area contributed by atoms with E-state index in [0.717, 1.165) is 24.3 Å². The third-order valence-electron chi connectivity index (χ3n) is 2.43. The highest BCUT2D eigenvalue weighted by atomic mass is 19.3. The molecule has 0 atom stereocenters. The molecule has 5 heteroatoms. The number of hydrogen-bond acceptors (Lipinski definition) is 1. The molecule has 1 aromatic carbocycles. The molecule has 17 heavy (non-hydrogen) atoms. The number of H-pyrrole nitrogens is 1. The van der Waals surface area contributed by atoms with Gasteiger partial charge in [-0.05, 0) is 24.3 Å². The lowest BCUT2D eigenvalue weighted by Crippen LogP contribution is -2.15. The smallest absolute Gasteiger partial charge is 0.335 e. The van der Waals surface area contributed by atoms with E-state index in [1.807, 2.05) is 0 Å². The molecule has 0 radical (unpaired) electrons. The topological polar surface area (TPSA) is 53.1 Å². The lowest BCUT2D eigenvalue weighted by molar-refractivity contribution is 0.0384. The quantitative estimate of drug-likeness (QED) is 0.862. The van der Waals surface area contributed by atoms with Crippen molar-refractivity contribution in [1.82, 2.24) is 4.98 Å². The maximum atomic E-state index is 13.9. The Bertz CT molecular complexity index is 518. The molecule has 0 bridgehead atoms. The molecule has 2 aromatic rings. The zero-order valence-electron chi connectivity index (χ0n) is 8.65. The number of carbonyl (C=O) groups is 1. The molecule has 0 spiro atoms. The Kier molecular flexibility index (Phi) is 2.67. The van der Waals surface area contributed by atoms with Crippen molar-refractivity contribution >= 4 is 5.97 Å². The van der Waals surface area contributed by atoms with Gasteiger partial charge in [0, 0.05) is 11.8 Å². The number of aromatic carboxylic acids is 1. The fourth-order valence-electron chi connectivity index (χ4n) is 1.50. The molecule has 0 saturated heterocycles. The predicted octanol–water partition coefficient (Wildman–Crippen LogP) is 2.85. The minimum Gasteiger partial charge on any atom is -0.478 e. The van der Waals surface area contributed by atoms with Gasteiger partial charge in [0.2, 0.25) is 0 Å². The second-order valence-electron chi connectivity index (χ2n) is 3.54. The van der Waals surface area contributed by atoms with Gasteiger partial charge in [0.25, 0.3) is 0 Å². The van der Waals surface area contributed by atoms with Gasteiger partial charge in [-0.15, -0.1) is 0 Å². The van der Waals surface area contributed by atoms with Crippen LogP contribution >= 0.6 is 0 Å². The second kappa shape index (κ2) is 4.01. The molecular formula is C12H9F2NO2. The van der Waals surface area contributed by atoms with Crippen LogP contribution in [0.1, 0.15) is 21.6 Å². The number of carboxylic acid groups (broad SMARTS) is 1. The summed E-state index contributed by atoms with van der Waals surface area (Å²) in [6.45, 7) is 0. The standard InChI is InChI=1S/C12H9F2NO2/c13-12(14,10-2-1-7-15-10)9-5-3-8(4-6-9)11(16)17/h1-7,15H,(H,16,17). The van der Waals surface area contributed by atoms with E-state index in [4.69, 9.17) is 5.11 Å². The number of aromatic nitrogens is 1. The van der Waals surface area contributed by atoms with Crippen molar-refractivity contribution in [3.8, 4) is 0 Å². The van der Waals surface area contributed by atoms with Gasteiger partial charge in [0.05, 0.1) is 11.3 Å². The first-order valence-electron chi connectivity index (χ1n) is 4.87. The maximum absolute atomic E-state index is 13.9. The van der Waals surface area contributed by atoms with Crippen LogP contribution < -0.4 is 0 Å². The zero-order valence-corrected chi connectivity index (χ0v) is 8.65. The first-order chi connectivity index (χ1) is 8.01. The highest BCUT2D eigenvalue weighted by Crippen LogP contribution is 2.34. The SMILES string of the molecule is O=C(O)c1ccc(C(F)(F)c2ccc[nH]2)cc1. The van der Waals surface area contributed by atoms with Crippen LogP contribution in [-0.2, 0) is 5.92 Å². The van der Waals surface area contributed by atoms with E-state index in [2.05, 4.69) is 4.98 Å². The highest BCUT2D eigenvalue weighted by molar-refractivity contribution is 5.87. The molecule has 2 N–H and O–H groups in total. The normalized spacial score (nSPS) is 11.4. The lowest BCUT2D eigenvalue weighted by atomic mass is 10.0. The minimum atomic E-state index is -3.15. The fourth-order valence-corrected chi connectivity index (χ4v) is 1.50. The van der Waals surface area contributed by atoms with Crippen molar-refractivity contribution in [2.24, 2.45) is 0 Å². The van der Waals surface area contributed by atoms with Gasteiger partial charge in [0.15, 0.2) is 0 Å². The second-order valence-corrected chi connectivity index (χ2v) is 3.54. The first kappa shape index (κ1) is 11.3. The summed E-state index contributed by atoms with van der Waals surface area (Å²) in [5.41, 5.74) is -0.485. The van der Waals surface area contributed by atoms with Crippen molar-refractivity contribution in [3.05, 3.63) is 59.4 Å². The Hall–Kier alpha value is -2.17. The molecule has 0 saturated carbocycles. The van der Waals surface area contributed by atoms with Crippen molar-refractivity contribution in [2.45, 2.75) is 5.92 Å². The summed E-state index contributed by atoms with van der Waals surface area (Å²) in [5.74, 6) is -4.29. The molecule has 3 nitrogen and oxygen atoms in total. The Labute approximate surface area is 95.7 Å². The van der Waals surface area contributed by atoms with E-state index in [-0.39, 0.29) is 16.8 Å². The van der Waals surface area contributed by atoms with Crippen LogP contribution in [0.15, 0.2) is 42.6 Å². The van der Waals surface area contributed by atoms with Gasteiger partial charge in [-0.3, -0.25) is 0 Å². The van der Waals surface area contributed by atoms with E-state index in [0.29, 0.717) is 0 Å². The molecule has 1 heterocycles.